The van der Waals surface area contributed by atoms with Crippen molar-refractivity contribution in [3.63, 3.8) is 0 Å². The van der Waals surface area contributed by atoms with E-state index < -0.39 is 24.1 Å². The van der Waals surface area contributed by atoms with E-state index in [2.05, 4.69) is 10.5 Å². The third-order valence-electron chi connectivity index (χ3n) is 1.12. The van der Waals surface area contributed by atoms with Gasteiger partial charge in [0.2, 0.25) is 5.91 Å². The Morgan fingerprint density at radius 2 is 1.92 bits per heavy atom. The molecule has 70 valence electrons. The zero-order chi connectivity index (χ0) is 9.72. The lowest BCUT2D eigenvalue weighted by Gasteiger charge is -2.14. The highest BCUT2D eigenvalue weighted by atomic mass is 16.5. The minimum absolute atomic E-state index is 0.348. The molecule has 0 aromatic rings. The van der Waals surface area contributed by atoms with Crippen LogP contribution in [0.4, 0.5) is 4.79 Å². The van der Waals surface area contributed by atoms with Gasteiger partial charge < -0.3 is 27.0 Å². The second-order valence-corrected chi connectivity index (χ2v) is 2.14. The minimum atomic E-state index is -1.54. The maximum Gasteiger partial charge on any atom is 0.404 e. The number of hydrogen-bond donors (Lipinski definition) is 4. The number of nitrogens with two attached hydrogens (primary N) is 3. The standard InChI is InChI=1S/C5H11N3O4/c6-2(1-12-5(8)11)3(9)4(7)10/h2-3,9H,1,6H2,(H2,7,10)(H2,8,11). The first kappa shape index (κ1) is 10.7. The highest BCUT2D eigenvalue weighted by Crippen LogP contribution is 1.90. The van der Waals surface area contributed by atoms with Crippen molar-refractivity contribution in [2.24, 2.45) is 17.2 Å². The molecule has 0 aliphatic carbocycles. The molecule has 7 nitrogen and oxygen atoms in total. The van der Waals surface area contributed by atoms with E-state index in [9.17, 15) is 9.59 Å². The largest absolute Gasteiger partial charge is 0.448 e. The normalized spacial score (nSPS) is 14.8. The Balaban J connectivity index is 3.79. The third-order valence-corrected chi connectivity index (χ3v) is 1.12. The van der Waals surface area contributed by atoms with Crippen molar-refractivity contribution >= 4 is 12.0 Å². The van der Waals surface area contributed by atoms with Crippen molar-refractivity contribution in [3.8, 4) is 0 Å². The van der Waals surface area contributed by atoms with Gasteiger partial charge in [-0.3, -0.25) is 4.79 Å². The van der Waals surface area contributed by atoms with E-state index in [1.807, 2.05) is 0 Å². The summed E-state index contributed by atoms with van der Waals surface area (Å²) in [4.78, 5) is 20.3. The molecule has 2 atom stereocenters. The van der Waals surface area contributed by atoms with E-state index >= 15 is 0 Å². The van der Waals surface area contributed by atoms with Crippen LogP contribution >= 0.6 is 0 Å². The predicted octanol–water partition coefficient (Wildman–Crippen LogP) is -2.74. The van der Waals surface area contributed by atoms with Crippen LogP contribution in [-0.2, 0) is 9.53 Å². The monoisotopic (exact) mass is 177 g/mol. The summed E-state index contributed by atoms with van der Waals surface area (Å²) >= 11 is 0. The van der Waals surface area contributed by atoms with Gasteiger partial charge in [0.1, 0.15) is 6.61 Å². The molecule has 0 spiro atoms. The summed E-state index contributed by atoms with van der Waals surface area (Å²) in [5.41, 5.74) is 14.5. The van der Waals surface area contributed by atoms with Crippen LogP contribution in [-0.4, -0.2) is 35.9 Å². The van der Waals surface area contributed by atoms with Crippen molar-refractivity contribution in [1.29, 1.82) is 0 Å². The van der Waals surface area contributed by atoms with E-state index in [-0.39, 0.29) is 6.61 Å². The molecule has 12 heavy (non-hydrogen) atoms. The van der Waals surface area contributed by atoms with Crippen LogP contribution in [0.2, 0.25) is 0 Å². The fourth-order valence-electron chi connectivity index (χ4n) is 0.480. The molecule has 0 heterocycles. The van der Waals surface area contributed by atoms with Crippen LogP contribution in [0.3, 0.4) is 0 Å². The molecule has 0 saturated carbocycles. The molecule has 0 aliphatic heterocycles. The molecule has 2 unspecified atom stereocenters. The molecule has 0 aromatic heterocycles. The maximum absolute atomic E-state index is 10.3. The summed E-state index contributed by atoms with van der Waals surface area (Å²) in [6.45, 7) is -0.348. The van der Waals surface area contributed by atoms with Gasteiger partial charge in [-0.25, -0.2) is 4.79 Å². The van der Waals surface area contributed by atoms with Gasteiger partial charge in [0.25, 0.3) is 0 Å². The number of rotatable bonds is 4. The molecule has 0 fully saturated rings. The third kappa shape index (κ3) is 3.74. The van der Waals surface area contributed by atoms with Gasteiger partial charge in [0.05, 0.1) is 6.04 Å². The molecule has 0 bridgehead atoms. The van der Waals surface area contributed by atoms with Gasteiger partial charge in [0.15, 0.2) is 6.10 Å². The maximum atomic E-state index is 10.3. The first-order chi connectivity index (χ1) is 5.45. The second kappa shape index (κ2) is 4.52. The molecule has 7 heteroatoms. The summed E-state index contributed by atoms with van der Waals surface area (Å²) in [7, 11) is 0. The molecule has 0 rings (SSSR count). The van der Waals surface area contributed by atoms with Crippen molar-refractivity contribution in [3.05, 3.63) is 0 Å². The smallest absolute Gasteiger partial charge is 0.404 e. The Labute approximate surface area is 68.4 Å². The predicted molar refractivity (Wildman–Crippen MR) is 38.7 cm³/mol. The second-order valence-electron chi connectivity index (χ2n) is 2.14. The van der Waals surface area contributed by atoms with Crippen LogP contribution < -0.4 is 17.2 Å². The van der Waals surface area contributed by atoms with Crippen LogP contribution in [0.15, 0.2) is 0 Å². The van der Waals surface area contributed by atoms with E-state index in [1.165, 1.54) is 0 Å². The van der Waals surface area contributed by atoms with Gasteiger partial charge in [-0.15, -0.1) is 0 Å². The van der Waals surface area contributed by atoms with Crippen LogP contribution in [0.1, 0.15) is 0 Å². The number of carbonyl (C=O) groups excluding carboxylic acids is 2. The first-order valence-corrected chi connectivity index (χ1v) is 3.10. The number of aliphatic hydroxyl groups excluding tert-OH is 1. The fourth-order valence-corrected chi connectivity index (χ4v) is 0.480. The lowest BCUT2D eigenvalue weighted by Crippen LogP contribution is -2.47. The van der Waals surface area contributed by atoms with Gasteiger partial charge in [-0.05, 0) is 0 Å². The van der Waals surface area contributed by atoms with Crippen molar-refractivity contribution in [2.45, 2.75) is 12.1 Å². The van der Waals surface area contributed by atoms with Crippen molar-refractivity contribution in [1.82, 2.24) is 0 Å². The number of amides is 2. The van der Waals surface area contributed by atoms with Crippen molar-refractivity contribution in [2.75, 3.05) is 6.61 Å². The van der Waals surface area contributed by atoms with Gasteiger partial charge in [-0.2, -0.15) is 0 Å². The molecule has 0 aliphatic rings. The minimum Gasteiger partial charge on any atom is -0.448 e. The van der Waals surface area contributed by atoms with E-state index in [4.69, 9.17) is 16.6 Å². The van der Waals surface area contributed by atoms with E-state index in [0.29, 0.717) is 0 Å². The lowest BCUT2D eigenvalue weighted by atomic mass is 10.2. The van der Waals surface area contributed by atoms with Gasteiger partial charge >= 0.3 is 6.09 Å². The van der Waals surface area contributed by atoms with Crippen LogP contribution in [0.5, 0.6) is 0 Å². The fraction of sp³-hybridized carbons (Fsp3) is 0.600. The highest BCUT2D eigenvalue weighted by Gasteiger charge is 2.21. The Kier molecular flexibility index (Phi) is 4.02. The molecule has 2 amide bonds. The first-order valence-electron chi connectivity index (χ1n) is 3.10. The summed E-state index contributed by atoms with van der Waals surface area (Å²) in [5, 5.41) is 8.88. The number of carbonyl (C=O) groups is 2. The Bertz CT molecular complexity index is 184. The Morgan fingerprint density at radius 1 is 1.42 bits per heavy atom. The Morgan fingerprint density at radius 3 is 2.25 bits per heavy atom. The highest BCUT2D eigenvalue weighted by molar-refractivity contribution is 5.79. The molecular formula is C5H11N3O4. The number of aliphatic hydroxyl groups is 1. The summed E-state index contributed by atoms with van der Waals surface area (Å²) in [6.07, 6.45) is -2.56. The van der Waals surface area contributed by atoms with Crippen molar-refractivity contribution < 1.29 is 19.4 Å². The van der Waals surface area contributed by atoms with Gasteiger partial charge in [0, 0.05) is 0 Å². The van der Waals surface area contributed by atoms with Gasteiger partial charge in [-0.1, -0.05) is 0 Å². The lowest BCUT2D eigenvalue weighted by molar-refractivity contribution is -0.127. The molecule has 7 N–H and O–H groups in total. The number of primary amides is 2. The molecule has 0 aromatic carbocycles. The average Bonchev–Trinajstić information content (AvgIpc) is 1.98. The van der Waals surface area contributed by atoms with E-state index in [1.54, 1.807) is 0 Å². The van der Waals surface area contributed by atoms with E-state index in [0.717, 1.165) is 0 Å². The molecular weight excluding hydrogens is 166 g/mol. The topological polar surface area (TPSA) is 142 Å². The number of ether oxygens (including phenoxy) is 1. The zero-order valence-corrected chi connectivity index (χ0v) is 6.27. The van der Waals surface area contributed by atoms with Crippen LogP contribution in [0, 0.1) is 0 Å². The zero-order valence-electron chi connectivity index (χ0n) is 6.27. The summed E-state index contributed by atoms with van der Waals surface area (Å²) in [6, 6.07) is -1.05. The Hall–Kier alpha value is -1.34. The SMILES string of the molecule is NC(=O)OCC(N)C(O)C(N)=O. The average molecular weight is 177 g/mol. The molecule has 0 saturated heterocycles. The summed E-state index contributed by atoms with van der Waals surface area (Å²) < 4.78 is 4.22. The quantitative estimate of drug-likeness (QED) is 0.368. The molecule has 0 radical (unpaired) electrons. The summed E-state index contributed by atoms with van der Waals surface area (Å²) in [5.74, 6) is -0.976. The van der Waals surface area contributed by atoms with Crippen LogP contribution in [0.25, 0.3) is 0 Å². The number of hydrogen-bond acceptors (Lipinski definition) is 5.